The number of carboxylic acids is 2. The van der Waals surface area contributed by atoms with E-state index in [1.54, 1.807) is 12.1 Å². The zero-order chi connectivity index (χ0) is 40.4. The first-order chi connectivity index (χ1) is 26.6. The number of carboxylic acid groups (broad SMARTS) is 2. The van der Waals surface area contributed by atoms with Crippen LogP contribution < -0.4 is 26.0 Å². The topological polar surface area (TPSA) is 240 Å². The first-order valence-electron chi connectivity index (χ1n) is 19.4. The van der Waals surface area contributed by atoms with Crippen molar-refractivity contribution >= 4 is 29.7 Å². The van der Waals surface area contributed by atoms with Crippen LogP contribution in [0.15, 0.2) is 24.3 Å². The second-order valence-corrected chi connectivity index (χ2v) is 12.8. The Kier molecular flexibility index (Phi) is 29.9. The molecule has 2 atom stereocenters. The summed E-state index contributed by atoms with van der Waals surface area (Å²) in [6, 6.07) is 5.23. The fraction of sp³-hybridized carbons (Fsp3) is 0.711. The zero-order valence-electron chi connectivity index (χ0n) is 32.4. The molecule has 0 aliphatic rings. The van der Waals surface area contributed by atoms with Crippen molar-refractivity contribution in [2.24, 2.45) is 0 Å². The summed E-state index contributed by atoms with van der Waals surface area (Å²) >= 11 is 0. The molecule has 0 fully saturated rings. The molecule has 3 amide bonds. The molecule has 1 aromatic carbocycles. The summed E-state index contributed by atoms with van der Waals surface area (Å²) in [6.45, 7) is 4.84. The summed E-state index contributed by atoms with van der Waals surface area (Å²) in [4.78, 5) is 58.0. The molecule has 0 aromatic heterocycles. The van der Waals surface area contributed by atoms with Gasteiger partial charge in [0.1, 0.15) is 31.2 Å². The second-order valence-electron chi connectivity index (χ2n) is 12.8. The number of ether oxygens (including phenoxy) is 5. The van der Waals surface area contributed by atoms with Gasteiger partial charge < -0.3 is 55.0 Å². The third-order valence-electron chi connectivity index (χ3n) is 8.04. The van der Waals surface area contributed by atoms with Crippen LogP contribution in [-0.2, 0) is 38.1 Å². The first kappa shape index (κ1) is 49.1. The number of aliphatic carboxylic acids is 1. The van der Waals surface area contributed by atoms with Crippen molar-refractivity contribution in [3.63, 3.8) is 0 Å². The number of aliphatic hydroxyl groups excluding tert-OH is 1. The number of aromatic carboxylic acids is 1. The maximum absolute atomic E-state index is 12.0. The van der Waals surface area contributed by atoms with Gasteiger partial charge in [-0.2, -0.15) is 0 Å². The highest BCUT2D eigenvalue weighted by Gasteiger charge is 2.21. The van der Waals surface area contributed by atoms with Crippen LogP contribution in [0, 0.1) is 0 Å². The Morgan fingerprint density at radius 1 is 0.618 bits per heavy atom. The predicted octanol–water partition coefficient (Wildman–Crippen LogP) is 2.24. The van der Waals surface area contributed by atoms with Gasteiger partial charge in [-0.3, -0.25) is 19.7 Å². The van der Waals surface area contributed by atoms with Crippen LogP contribution in [0.5, 0.6) is 5.75 Å². The van der Waals surface area contributed by atoms with Crippen molar-refractivity contribution in [1.82, 2.24) is 21.3 Å². The van der Waals surface area contributed by atoms with Crippen molar-refractivity contribution in [3.8, 4) is 5.75 Å². The molecule has 17 nitrogen and oxygen atoms in total. The maximum atomic E-state index is 12.0. The minimum atomic E-state index is -1.23. The molecule has 2 unspecified atom stereocenters. The lowest BCUT2D eigenvalue weighted by atomic mass is 10.1. The largest absolute Gasteiger partial charge is 0.494 e. The van der Waals surface area contributed by atoms with Crippen molar-refractivity contribution in [3.05, 3.63) is 29.8 Å². The van der Waals surface area contributed by atoms with Crippen LogP contribution in [-0.4, -0.2) is 136 Å². The molecule has 55 heavy (non-hydrogen) atoms. The van der Waals surface area contributed by atoms with E-state index in [1.165, 1.54) is 12.1 Å². The van der Waals surface area contributed by atoms with Crippen LogP contribution in [0.4, 0.5) is 0 Å². The van der Waals surface area contributed by atoms with E-state index >= 15 is 0 Å². The van der Waals surface area contributed by atoms with Gasteiger partial charge in [0.2, 0.25) is 17.7 Å². The number of nitrogens with one attached hydrogen (secondary N) is 4. The zero-order valence-corrected chi connectivity index (χ0v) is 32.4. The van der Waals surface area contributed by atoms with E-state index in [4.69, 9.17) is 28.8 Å². The van der Waals surface area contributed by atoms with Gasteiger partial charge >= 0.3 is 11.9 Å². The smallest absolute Gasteiger partial charge is 0.335 e. The van der Waals surface area contributed by atoms with Gasteiger partial charge in [0.25, 0.3) is 0 Å². The monoisotopic (exact) mass is 784 g/mol. The molecule has 0 saturated heterocycles. The summed E-state index contributed by atoms with van der Waals surface area (Å²) in [5, 5.41) is 39.1. The van der Waals surface area contributed by atoms with Crippen LogP contribution in [0.3, 0.4) is 0 Å². The number of rotatable bonds is 37. The Hall–Kier alpha value is -3.87. The molecule has 0 bridgehead atoms. The van der Waals surface area contributed by atoms with Gasteiger partial charge in [-0.1, -0.05) is 45.4 Å². The number of hydrogen-bond donors (Lipinski definition) is 7. The minimum Gasteiger partial charge on any atom is -0.494 e. The standard InChI is InChI=1S/C38H64N4O13/c1-2-3-18-39-34(44)17-16-32(38(49)50)42-36(46)29-54-27-25-52-23-20-41-35(45)28-53-26-24-51-22-19-40-33(43)11-9-7-5-4-6-8-10-21-55-31-14-12-30(13-15-31)37(47)48/h12-15,32-33,40,43H,2-11,16-29H2,1H3,(H,39,44)(H,41,45)(H,42,46)(H,47,48)(H,49,50). The fourth-order valence-electron chi connectivity index (χ4n) is 4.95. The van der Waals surface area contributed by atoms with Gasteiger partial charge in [0, 0.05) is 26.1 Å². The van der Waals surface area contributed by atoms with Crippen LogP contribution in [0.2, 0.25) is 0 Å². The van der Waals surface area contributed by atoms with E-state index in [2.05, 4.69) is 21.3 Å². The van der Waals surface area contributed by atoms with Crippen LogP contribution >= 0.6 is 0 Å². The van der Waals surface area contributed by atoms with Crippen molar-refractivity contribution in [2.75, 3.05) is 79.1 Å². The number of carbonyl (C=O) groups excluding carboxylic acids is 3. The van der Waals surface area contributed by atoms with Crippen LogP contribution in [0.25, 0.3) is 0 Å². The molecule has 0 radical (unpaired) electrons. The lowest BCUT2D eigenvalue weighted by Crippen LogP contribution is -2.43. The Bertz CT molecular complexity index is 1190. The average Bonchev–Trinajstić information content (AvgIpc) is 3.16. The van der Waals surface area contributed by atoms with Gasteiger partial charge in [0.15, 0.2) is 0 Å². The number of unbranched alkanes of at least 4 members (excludes halogenated alkanes) is 7. The number of benzene rings is 1. The van der Waals surface area contributed by atoms with E-state index in [9.17, 15) is 34.2 Å². The summed E-state index contributed by atoms with van der Waals surface area (Å²) in [5.41, 5.74) is 0.243. The lowest BCUT2D eigenvalue weighted by Gasteiger charge is -2.14. The Morgan fingerprint density at radius 3 is 1.84 bits per heavy atom. The molecule has 1 rings (SSSR count). The van der Waals surface area contributed by atoms with Gasteiger partial charge in [-0.15, -0.1) is 0 Å². The molecule has 7 N–H and O–H groups in total. The molecule has 0 aliphatic heterocycles. The average molecular weight is 785 g/mol. The van der Waals surface area contributed by atoms with E-state index in [0.717, 1.165) is 57.8 Å². The number of hydrogen-bond acceptors (Lipinski definition) is 12. The number of aliphatic hydroxyl groups is 1. The first-order valence-corrected chi connectivity index (χ1v) is 19.4. The molecule has 1 aromatic rings. The van der Waals surface area contributed by atoms with Crippen molar-refractivity contribution < 1.29 is 63.0 Å². The van der Waals surface area contributed by atoms with E-state index < -0.39 is 30.1 Å². The summed E-state index contributed by atoms with van der Waals surface area (Å²) < 4.78 is 27.0. The highest BCUT2D eigenvalue weighted by molar-refractivity contribution is 5.87. The molecule has 17 heteroatoms. The normalized spacial score (nSPS) is 12.1. The van der Waals surface area contributed by atoms with Gasteiger partial charge in [-0.25, -0.2) is 9.59 Å². The lowest BCUT2D eigenvalue weighted by molar-refractivity contribution is -0.143. The number of carbonyl (C=O) groups is 5. The van der Waals surface area contributed by atoms with Crippen LogP contribution in [0.1, 0.15) is 94.3 Å². The highest BCUT2D eigenvalue weighted by atomic mass is 16.5. The van der Waals surface area contributed by atoms with E-state index in [0.29, 0.717) is 45.1 Å². The maximum Gasteiger partial charge on any atom is 0.335 e. The van der Waals surface area contributed by atoms with Crippen molar-refractivity contribution in [1.29, 1.82) is 0 Å². The third kappa shape index (κ3) is 29.1. The Morgan fingerprint density at radius 2 is 1.20 bits per heavy atom. The SMILES string of the molecule is CCCCNC(=O)CCC(NC(=O)COCCOCCNC(=O)COCCOCCNC(O)CCCCCCCCCOc1ccc(C(=O)O)cc1)C(=O)O. The second kappa shape index (κ2) is 33.5. The summed E-state index contributed by atoms with van der Waals surface area (Å²) in [7, 11) is 0. The molecule has 0 spiro atoms. The predicted molar refractivity (Wildman–Crippen MR) is 203 cm³/mol. The summed E-state index contributed by atoms with van der Waals surface area (Å²) in [6.07, 6.45) is 9.19. The fourth-order valence-corrected chi connectivity index (χ4v) is 4.95. The highest BCUT2D eigenvalue weighted by Crippen LogP contribution is 2.14. The molecule has 0 saturated carbocycles. The quantitative estimate of drug-likeness (QED) is 0.0379. The molecule has 0 heterocycles. The Balaban J connectivity index is 1.86. The molecule has 314 valence electrons. The van der Waals surface area contributed by atoms with Crippen molar-refractivity contribution in [2.45, 2.75) is 96.2 Å². The molecule has 0 aliphatic carbocycles. The van der Waals surface area contributed by atoms with Gasteiger partial charge in [-0.05, 0) is 56.4 Å². The van der Waals surface area contributed by atoms with E-state index in [-0.39, 0.29) is 76.4 Å². The minimum absolute atomic E-state index is 0.0133. The molecular formula is C38H64N4O13. The van der Waals surface area contributed by atoms with E-state index in [1.807, 2.05) is 6.92 Å². The molecular weight excluding hydrogens is 720 g/mol. The van der Waals surface area contributed by atoms with Gasteiger partial charge in [0.05, 0.1) is 51.8 Å². The summed E-state index contributed by atoms with van der Waals surface area (Å²) in [5.74, 6) is -2.68. The third-order valence-corrected chi connectivity index (χ3v) is 8.04. The number of amides is 3. The Labute approximate surface area is 324 Å².